The molecule has 25 heavy (non-hydrogen) atoms. The number of hydrogen-bond donors (Lipinski definition) is 0. The number of thiazole rings is 1. The lowest BCUT2D eigenvalue weighted by Crippen LogP contribution is -2.22. The summed E-state index contributed by atoms with van der Waals surface area (Å²) in [5.41, 5.74) is 1.05. The molecule has 0 N–H and O–H groups in total. The van der Waals surface area contributed by atoms with Crippen LogP contribution in [0.2, 0.25) is 0 Å². The maximum atomic E-state index is 13.2. The van der Waals surface area contributed by atoms with Gasteiger partial charge in [0.05, 0.1) is 33.9 Å². The van der Waals surface area contributed by atoms with Crippen molar-refractivity contribution in [3.05, 3.63) is 52.0 Å². The zero-order valence-corrected chi connectivity index (χ0v) is 14.5. The molecule has 0 saturated carbocycles. The van der Waals surface area contributed by atoms with Crippen molar-refractivity contribution in [3.63, 3.8) is 0 Å². The Hall–Kier alpha value is -2.59. The molecule has 1 amide bonds. The first-order valence-electron chi connectivity index (χ1n) is 6.97. The first-order valence-corrected chi connectivity index (χ1v) is 9.01. The molecular formula is C15H11FN4O3S2. The fraction of sp³-hybridized carbons (Fsp3) is 0.133. The van der Waals surface area contributed by atoms with Crippen molar-refractivity contribution in [1.29, 1.82) is 0 Å². The molecule has 0 bridgehead atoms. The van der Waals surface area contributed by atoms with Crippen molar-refractivity contribution in [2.24, 2.45) is 0 Å². The number of nitrogens with zero attached hydrogens (tertiary/aromatic N) is 4. The maximum absolute atomic E-state index is 13.2. The van der Waals surface area contributed by atoms with Gasteiger partial charge in [0.25, 0.3) is 0 Å². The highest BCUT2D eigenvalue weighted by Gasteiger charge is 2.22. The number of nitro groups is 1. The average Bonchev–Trinajstić information content (AvgIpc) is 3.02. The van der Waals surface area contributed by atoms with E-state index in [1.165, 1.54) is 11.3 Å². The van der Waals surface area contributed by atoms with Gasteiger partial charge in [0.1, 0.15) is 5.82 Å². The fourth-order valence-electron chi connectivity index (χ4n) is 2.27. The number of aromatic nitrogens is 2. The molecule has 0 atom stereocenters. The van der Waals surface area contributed by atoms with Crippen LogP contribution in [0.4, 0.5) is 15.9 Å². The molecule has 0 aliphatic rings. The van der Waals surface area contributed by atoms with Crippen LogP contribution in [0.25, 0.3) is 10.2 Å². The summed E-state index contributed by atoms with van der Waals surface area (Å²) in [6, 6.07) is 6.24. The summed E-state index contributed by atoms with van der Waals surface area (Å²) in [6.45, 7) is 0.0748. The zero-order chi connectivity index (χ0) is 18.0. The molecule has 7 nitrogen and oxygen atoms in total. The van der Waals surface area contributed by atoms with E-state index in [-0.39, 0.29) is 12.4 Å². The van der Waals surface area contributed by atoms with Crippen LogP contribution >= 0.6 is 23.1 Å². The summed E-state index contributed by atoms with van der Waals surface area (Å²) in [6.07, 6.45) is 3.22. The van der Waals surface area contributed by atoms with Crippen molar-refractivity contribution in [2.75, 3.05) is 11.2 Å². The number of fused-ring (bicyclic) bond motifs is 1. The largest absolute Gasteiger partial charge is 0.314 e. The second-order valence-corrected chi connectivity index (χ2v) is 7.06. The van der Waals surface area contributed by atoms with Crippen LogP contribution in [-0.4, -0.2) is 27.6 Å². The minimum Gasteiger partial charge on any atom is -0.289 e. The third-order valence-corrected chi connectivity index (χ3v) is 5.37. The molecule has 0 radical (unpaired) electrons. The first kappa shape index (κ1) is 17.2. The third kappa shape index (κ3) is 3.59. The normalized spacial score (nSPS) is 10.8. The first-order chi connectivity index (χ1) is 12.0. The van der Waals surface area contributed by atoms with Gasteiger partial charge in [0.2, 0.25) is 12.2 Å². The second kappa shape index (κ2) is 7.11. The Bertz CT molecular complexity index is 963. The van der Waals surface area contributed by atoms with Crippen LogP contribution < -0.4 is 4.90 Å². The Kier molecular flexibility index (Phi) is 4.91. The van der Waals surface area contributed by atoms with E-state index in [0.29, 0.717) is 6.41 Å². The quantitative estimate of drug-likeness (QED) is 0.282. The van der Waals surface area contributed by atoms with Crippen molar-refractivity contribution >= 4 is 51.2 Å². The highest BCUT2D eigenvalue weighted by molar-refractivity contribution is 8.00. The van der Waals surface area contributed by atoms with Gasteiger partial charge in [-0.1, -0.05) is 17.8 Å². The van der Waals surface area contributed by atoms with Gasteiger partial charge in [-0.25, -0.2) is 14.4 Å². The molecule has 0 unspecified atom stereocenters. The number of rotatable bonds is 6. The number of pyridine rings is 1. The summed E-state index contributed by atoms with van der Waals surface area (Å²) in [5.74, 6) is -1.03. The highest BCUT2D eigenvalue weighted by Crippen LogP contribution is 2.30. The molecule has 3 rings (SSSR count). The van der Waals surface area contributed by atoms with Gasteiger partial charge in [-0.15, -0.1) is 11.3 Å². The Morgan fingerprint density at radius 1 is 1.44 bits per heavy atom. The number of amides is 1. The SMILES string of the molecule is CSc1nc2ccc(CN(C=O)c3ncc(F)cc3[N+](=O)[O-])cc2s1. The molecular weight excluding hydrogens is 367 g/mol. The number of thioether (sulfide) groups is 1. The molecule has 0 aliphatic heterocycles. The molecule has 10 heteroatoms. The van der Waals surface area contributed by atoms with Crippen LogP contribution in [0.5, 0.6) is 0 Å². The van der Waals surface area contributed by atoms with Gasteiger partial charge in [-0.2, -0.15) is 0 Å². The lowest BCUT2D eigenvalue weighted by atomic mass is 10.2. The molecule has 1 aromatic carbocycles. The third-order valence-electron chi connectivity index (χ3n) is 3.37. The minimum absolute atomic E-state index is 0.0748. The Labute approximate surface area is 149 Å². The Morgan fingerprint density at radius 2 is 2.24 bits per heavy atom. The summed E-state index contributed by atoms with van der Waals surface area (Å²) in [4.78, 5) is 31.0. The minimum atomic E-state index is -0.836. The molecule has 0 fully saturated rings. The van der Waals surface area contributed by atoms with Crippen molar-refractivity contribution in [3.8, 4) is 0 Å². The Balaban J connectivity index is 1.95. The molecule has 0 saturated heterocycles. The van der Waals surface area contributed by atoms with Crippen molar-refractivity contribution < 1.29 is 14.1 Å². The number of halogens is 1. The van der Waals surface area contributed by atoms with E-state index >= 15 is 0 Å². The van der Waals surface area contributed by atoms with Gasteiger partial charge in [-0.05, 0) is 24.0 Å². The number of anilines is 1. The van der Waals surface area contributed by atoms with E-state index in [1.807, 2.05) is 18.4 Å². The van der Waals surface area contributed by atoms with E-state index in [9.17, 15) is 19.3 Å². The van der Waals surface area contributed by atoms with Crippen LogP contribution in [0, 0.1) is 15.9 Å². The maximum Gasteiger partial charge on any atom is 0.314 e. The van der Waals surface area contributed by atoms with Gasteiger partial charge >= 0.3 is 5.69 Å². The van der Waals surface area contributed by atoms with Gasteiger partial charge < -0.3 is 0 Å². The van der Waals surface area contributed by atoms with E-state index in [1.54, 1.807) is 17.8 Å². The summed E-state index contributed by atoms with van der Waals surface area (Å²) < 4.78 is 15.1. The second-order valence-electron chi connectivity index (χ2n) is 4.97. The standard InChI is InChI=1S/C15H11FN4O3S2/c1-24-15-18-11-3-2-9(4-13(11)25-15)7-19(8-21)14-12(20(22)23)5-10(16)6-17-14/h2-6,8H,7H2,1H3. The van der Waals surface area contributed by atoms with Gasteiger partial charge in [0, 0.05) is 0 Å². The van der Waals surface area contributed by atoms with Crippen LogP contribution in [0.15, 0.2) is 34.8 Å². The van der Waals surface area contributed by atoms with E-state index in [0.717, 1.165) is 37.3 Å². The number of hydrogen-bond acceptors (Lipinski definition) is 7. The van der Waals surface area contributed by atoms with E-state index in [4.69, 9.17) is 0 Å². The van der Waals surface area contributed by atoms with Crippen molar-refractivity contribution in [1.82, 2.24) is 9.97 Å². The highest BCUT2D eigenvalue weighted by atomic mass is 32.2. The number of carbonyl (C=O) groups excluding carboxylic acids is 1. The number of benzene rings is 1. The smallest absolute Gasteiger partial charge is 0.289 e. The van der Waals surface area contributed by atoms with E-state index in [2.05, 4.69) is 9.97 Å². The van der Waals surface area contributed by atoms with Crippen LogP contribution in [0.3, 0.4) is 0 Å². The summed E-state index contributed by atoms with van der Waals surface area (Å²) >= 11 is 3.07. The monoisotopic (exact) mass is 378 g/mol. The van der Waals surface area contributed by atoms with Gasteiger partial charge in [-0.3, -0.25) is 19.8 Å². The summed E-state index contributed by atoms with van der Waals surface area (Å²) in [7, 11) is 0. The summed E-state index contributed by atoms with van der Waals surface area (Å²) in [5, 5.41) is 11.1. The lowest BCUT2D eigenvalue weighted by Gasteiger charge is -2.16. The predicted molar refractivity (Wildman–Crippen MR) is 94.5 cm³/mol. The molecule has 0 aliphatic carbocycles. The van der Waals surface area contributed by atoms with Crippen molar-refractivity contribution in [2.45, 2.75) is 10.9 Å². The van der Waals surface area contributed by atoms with Gasteiger partial charge in [0.15, 0.2) is 4.34 Å². The Morgan fingerprint density at radius 3 is 2.92 bits per heavy atom. The molecule has 128 valence electrons. The van der Waals surface area contributed by atoms with Crippen LogP contribution in [-0.2, 0) is 11.3 Å². The number of carbonyl (C=O) groups is 1. The fourth-order valence-corrected chi connectivity index (χ4v) is 3.82. The van der Waals surface area contributed by atoms with E-state index < -0.39 is 16.4 Å². The topological polar surface area (TPSA) is 89.2 Å². The lowest BCUT2D eigenvalue weighted by molar-refractivity contribution is -0.384. The predicted octanol–water partition coefficient (Wildman–Crippen LogP) is 3.62. The zero-order valence-electron chi connectivity index (χ0n) is 12.9. The molecule has 3 aromatic rings. The molecule has 0 spiro atoms. The molecule has 2 aromatic heterocycles. The van der Waals surface area contributed by atoms with Crippen LogP contribution in [0.1, 0.15) is 5.56 Å². The molecule has 2 heterocycles. The average molecular weight is 378 g/mol.